The number of hydrogen-bond donors (Lipinski definition) is 2. The number of nitrogens with zero attached hydrogens (tertiary/aromatic N) is 3. The average Bonchev–Trinajstić information content (AvgIpc) is 3.12. The highest BCUT2D eigenvalue weighted by molar-refractivity contribution is 6.45. The Hall–Kier alpha value is -3.35. The molecule has 7 heteroatoms. The number of carbonyl (C=O) groups excluding carboxylic acids is 1. The fourth-order valence-electron chi connectivity index (χ4n) is 3.51. The van der Waals surface area contributed by atoms with Gasteiger partial charge in [0.2, 0.25) is 0 Å². The molecule has 2 N–H and O–H groups in total. The fraction of sp³-hybridized carbons (Fsp3) is 0.304. The first-order valence-electron chi connectivity index (χ1n) is 9.78. The standard InChI is InChI=1S/C23H26FN5O/c1-5-20-9-19(24)13-29(20)14(2)10-28-22-7-6-17(8-21(22)23(25)15(3)30)18-11-26-16(4)27-12-18/h5-8,11-12,19-20,25,28H,1-2,9-10,13H2,3-4H3. The van der Waals surface area contributed by atoms with Crippen LogP contribution in [0.5, 0.6) is 0 Å². The van der Waals surface area contributed by atoms with Gasteiger partial charge < -0.3 is 10.2 Å². The third kappa shape index (κ3) is 4.62. The van der Waals surface area contributed by atoms with Gasteiger partial charge in [-0.1, -0.05) is 18.7 Å². The molecule has 1 aliphatic rings. The summed E-state index contributed by atoms with van der Waals surface area (Å²) in [5.41, 5.74) is 3.38. The number of aryl methyl sites for hydroxylation is 1. The van der Waals surface area contributed by atoms with Gasteiger partial charge >= 0.3 is 0 Å². The van der Waals surface area contributed by atoms with Crippen molar-refractivity contribution in [1.29, 1.82) is 5.41 Å². The highest BCUT2D eigenvalue weighted by Gasteiger charge is 2.30. The molecule has 0 spiro atoms. The molecule has 0 radical (unpaired) electrons. The summed E-state index contributed by atoms with van der Waals surface area (Å²) < 4.78 is 13.8. The lowest BCUT2D eigenvalue weighted by atomic mass is 9.99. The Morgan fingerprint density at radius 3 is 2.70 bits per heavy atom. The molecule has 156 valence electrons. The molecule has 6 nitrogen and oxygen atoms in total. The van der Waals surface area contributed by atoms with Crippen molar-refractivity contribution in [2.24, 2.45) is 0 Å². The largest absolute Gasteiger partial charge is 0.379 e. The van der Waals surface area contributed by atoms with Gasteiger partial charge in [-0.15, -0.1) is 6.58 Å². The molecule has 2 aromatic rings. The normalized spacial score (nSPS) is 18.2. The van der Waals surface area contributed by atoms with Gasteiger partial charge in [0.25, 0.3) is 0 Å². The van der Waals surface area contributed by atoms with Gasteiger partial charge in [0, 0.05) is 60.8 Å². The van der Waals surface area contributed by atoms with Crippen molar-refractivity contribution in [3.8, 4) is 11.1 Å². The third-order valence-electron chi connectivity index (χ3n) is 5.21. The second kappa shape index (κ2) is 8.98. The molecule has 0 saturated carbocycles. The summed E-state index contributed by atoms with van der Waals surface area (Å²) in [5.74, 6) is 0.336. The van der Waals surface area contributed by atoms with E-state index in [4.69, 9.17) is 5.41 Å². The zero-order valence-electron chi connectivity index (χ0n) is 17.3. The molecule has 1 aromatic carbocycles. The van der Waals surface area contributed by atoms with Crippen LogP contribution in [0.4, 0.5) is 10.1 Å². The van der Waals surface area contributed by atoms with Crippen LogP contribution in [-0.2, 0) is 4.79 Å². The predicted molar refractivity (Wildman–Crippen MR) is 118 cm³/mol. The van der Waals surface area contributed by atoms with Crippen LogP contribution >= 0.6 is 0 Å². The Labute approximate surface area is 176 Å². The molecular weight excluding hydrogens is 381 g/mol. The van der Waals surface area contributed by atoms with E-state index < -0.39 is 6.17 Å². The fourth-order valence-corrected chi connectivity index (χ4v) is 3.51. The maximum absolute atomic E-state index is 13.8. The van der Waals surface area contributed by atoms with E-state index in [1.54, 1.807) is 24.5 Å². The molecule has 2 unspecified atom stereocenters. The lowest BCUT2D eigenvalue weighted by Crippen LogP contribution is -2.30. The summed E-state index contributed by atoms with van der Waals surface area (Å²) in [4.78, 5) is 22.2. The van der Waals surface area contributed by atoms with Gasteiger partial charge in [-0.25, -0.2) is 14.4 Å². The zero-order valence-corrected chi connectivity index (χ0v) is 17.3. The molecule has 0 amide bonds. The van der Waals surface area contributed by atoms with E-state index in [0.29, 0.717) is 36.6 Å². The van der Waals surface area contributed by atoms with E-state index in [0.717, 1.165) is 16.8 Å². The number of rotatable bonds is 8. The molecule has 30 heavy (non-hydrogen) atoms. The maximum Gasteiger partial charge on any atom is 0.178 e. The van der Waals surface area contributed by atoms with Crippen molar-refractivity contribution >= 4 is 17.2 Å². The number of carbonyl (C=O) groups is 1. The van der Waals surface area contributed by atoms with Crippen molar-refractivity contribution in [1.82, 2.24) is 14.9 Å². The number of ketones is 1. The van der Waals surface area contributed by atoms with E-state index >= 15 is 0 Å². The van der Waals surface area contributed by atoms with Gasteiger partial charge in [-0.2, -0.15) is 0 Å². The summed E-state index contributed by atoms with van der Waals surface area (Å²) in [6, 6.07) is 5.41. The van der Waals surface area contributed by atoms with Crippen LogP contribution in [0.1, 0.15) is 24.7 Å². The van der Waals surface area contributed by atoms with Gasteiger partial charge in [-0.3, -0.25) is 10.2 Å². The van der Waals surface area contributed by atoms with Crippen LogP contribution in [0.2, 0.25) is 0 Å². The van der Waals surface area contributed by atoms with Gasteiger partial charge in [0.1, 0.15) is 17.7 Å². The first-order valence-corrected chi connectivity index (χ1v) is 9.78. The summed E-state index contributed by atoms with van der Waals surface area (Å²) in [5, 5.41) is 11.5. The van der Waals surface area contributed by atoms with E-state index in [1.807, 2.05) is 24.0 Å². The number of hydrogen-bond acceptors (Lipinski definition) is 6. The van der Waals surface area contributed by atoms with Crippen LogP contribution in [0.15, 0.2) is 55.5 Å². The van der Waals surface area contributed by atoms with Crippen LogP contribution in [0.3, 0.4) is 0 Å². The Balaban J connectivity index is 1.83. The van der Waals surface area contributed by atoms with Crippen LogP contribution in [0, 0.1) is 12.3 Å². The van der Waals surface area contributed by atoms with Crippen LogP contribution < -0.4 is 5.32 Å². The molecule has 2 heterocycles. The number of nitrogens with one attached hydrogen (secondary N) is 2. The first kappa shape index (κ1) is 21.4. The first-order chi connectivity index (χ1) is 14.3. The molecular formula is C23H26FN5O. The van der Waals surface area contributed by atoms with E-state index in [9.17, 15) is 9.18 Å². The van der Waals surface area contributed by atoms with E-state index in [2.05, 4.69) is 28.4 Å². The topological polar surface area (TPSA) is 82.0 Å². The smallest absolute Gasteiger partial charge is 0.178 e. The van der Waals surface area contributed by atoms with Crippen molar-refractivity contribution < 1.29 is 9.18 Å². The highest BCUT2D eigenvalue weighted by atomic mass is 19.1. The Morgan fingerprint density at radius 2 is 2.07 bits per heavy atom. The number of aromatic nitrogens is 2. The second-order valence-electron chi connectivity index (χ2n) is 7.42. The maximum atomic E-state index is 13.8. The minimum absolute atomic E-state index is 0.0757. The van der Waals surface area contributed by atoms with Crippen LogP contribution in [-0.4, -0.2) is 51.7 Å². The Bertz CT molecular complexity index is 986. The summed E-state index contributed by atoms with van der Waals surface area (Å²) in [6.45, 7) is 11.7. The van der Waals surface area contributed by atoms with Crippen molar-refractivity contribution in [2.45, 2.75) is 32.5 Å². The Morgan fingerprint density at radius 1 is 1.37 bits per heavy atom. The number of halogens is 1. The Kier molecular flexibility index (Phi) is 6.40. The van der Waals surface area contributed by atoms with Crippen molar-refractivity contribution in [2.75, 3.05) is 18.4 Å². The van der Waals surface area contributed by atoms with Gasteiger partial charge in [0.15, 0.2) is 5.78 Å². The lowest BCUT2D eigenvalue weighted by Gasteiger charge is -2.27. The monoisotopic (exact) mass is 407 g/mol. The number of Topliss-reactive ketones (excluding diaryl/α,β-unsaturated/α-hetero) is 1. The number of alkyl halides is 1. The molecule has 0 aliphatic carbocycles. The van der Waals surface area contributed by atoms with Crippen molar-refractivity contribution in [3.63, 3.8) is 0 Å². The van der Waals surface area contributed by atoms with Crippen molar-refractivity contribution in [3.05, 3.63) is 66.9 Å². The average molecular weight is 407 g/mol. The number of likely N-dealkylation sites (tertiary alicyclic amines) is 1. The summed E-state index contributed by atoms with van der Waals surface area (Å²) in [6.07, 6.45) is 4.67. The molecule has 1 saturated heterocycles. The molecule has 1 aromatic heterocycles. The quantitative estimate of drug-likeness (QED) is 0.512. The summed E-state index contributed by atoms with van der Waals surface area (Å²) >= 11 is 0. The zero-order chi connectivity index (χ0) is 21.8. The molecule has 2 atom stereocenters. The van der Waals surface area contributed by atoms with E-state index in [1.165, 1.54) is 6.92 Å². The third-order valence-corrected chi connectivity index (χ3v) is 5.21. The van der Waals surface area contributed by atoms with Gasteiger partial charge in [0.05, 0.1) is 6.54 Å². The predicted octanol–water partition coefficient (Wildman–Crippen LogP) is 3.93. The van der Waals surface area contributed by atoms with Gasteiger partial charge in [-0.05, 0) is 24.6 Å². The molecule has 1 aliphatic heterocycles. The number of anilines is 1. The van der Waals surface area contributed by atoms with E-state index in [-0.39, 0.29) is 17.5 Å². The van der Waals surface area contributed by atoms with Crippen LogP contribution in [0.25, 0.3) is 11.1 Å². The lowest BCUT2D eigenvalue weighted by molar-refractivity contribution is -0.111. The molecule has 1 fully saturated rings. The summed E-state index contributed by atoms with van der Waals surface area (Å²) in [7, 11) is 0. The SMILES string of the molecule is C=CC1CC(F)CN1C(=C)CNc1ccc(-c2cnc(C)nc2)cc1C(=N)C(C)=O. The minimum atomic E-state index is -0.901. The minimum Gasteiger partial charge on any atom is -0.379 e. The highest BCUT2D eigenvalue weighted by Crippen LogP contribution is 2.28. The second-order valence-corrected chi connectivity index (χ2v) is 7.42. The number of benzene rings is 1. The molecule has 3 rings (SSSR count). The molecule has 0 bridgehead atoms.